The van der Waals surface area contributed by atoms with Gasteiger partial charge in [-0.1, -0.05) is 0 Å². The summed E-state index contributed by atoms with van der Waals surface area (Å²) >= 11 is 0. The summed E-state index contributed by atoms with van der Waals surface area (Å²) in [6, 6.07) is 5.18. The average Bonchev–Trinajstić information content (AvgIpc) is 2.30. The van der Waals surface area contributed by atoms with Gasteiger partial charge in [0.25, 0.3) is 0 Å². The van der Waals surface area contributed by atoms with Crippen LogP contribution in [0.15, 0.2) is 18.2 Å². The molecule has 0 spiro atoms. The lowest BCUT2D eigenvalue weighted by molar-refractivity contribution is -0.133. The highest BCUT2D eigenvalue weighted by Gasteiger charge is 2.10. The molecule has 1 aromatic carbocycles. The molecule has 0 amide bonds. The van der Waals surface area contributed by atoms with Crippen molar-refractivity contribution in [3.05, 3.63) is 29.3 Å². The lowest BCUT2D eigenvalue weighted by Crippen LogP contribution is -2.20. The number of hydrogen-bond acceptors (Lipinski definition) is 5. The van der Waals surface area contributed by atoms with Crippen molar-refractivity contribution in [1.82, 2.24) is 0 Å². The van der Waals surface area contributed by atoms with Crippen molar-refractivity contribution >= 4 is 11.9 Å². The van der Waals surface area contributed by atoms with Crippen molar-refractivity contribution in [3.63, 3.8) is 0 Å². The van der Waals surface area contributed by atoms with E-state index < -0.39 is 5.97 Å². The Morgan fingerprint density at radius 2 is 2.11 bits per heavy atom. The molecule has 0 atom stereocenters. The summed E-state index contributed by atoms with van der Waals surface area (Å²) in [5, 5.41) is 7.63. The molecular formula is C13H18N2O3. The molecule has 0 aliphatic carbocycles. The van der Waals surface area contributed by atoms with Crippen LogP contribution < -0.4 is 10.5 Å². The number of carbonyl (C=O) groups is 1. The summed E-state index contributed by atoms with van der Waals surface area (Å²) in [4.78, 5) is 11.0. The van der Waals surface area contributed by atoms with Gasteiger partial charge in [0.1, 0.15) is 5.75 Å². The van der Waals surface area contributed by atoms with Crippen molar-refractivity contribution in [1.29, 1.82) is 5.41 Å². The predicted molar refractivity (Wildman–Crippen MR) is 68.9 cm³/mol. The lowest BCUT2D eigenvalue weighted by Gasteiger charge is -2.13. The van der Waals surface area contributed by atoms with Crippen LogP contribution in [-0.2, 0) is 9.53 Å². The fourth-order valence-corrected chi connectivity index (χ4v) is 1.39. The molecule has 5 heteroatoms. The quantitative estimate of drug-likeness (QED) is 0.483. The van der Waals surface area contributed by atoms with E-state index in [-0.39, 0.29) is 18.5 Å². The molecule has 0 bridgehead atoms. The van der Waals surface area contributed by atoms with E-state index in [0.29, 0.717) is 5.56 Å². The van der Waals surface area contributed by atoms with Crippen molar-refractivity contribution in [2.75, 3.05) is 6.54 Å². The zero-order valence-electron chi connectivity index (χ0n) is 10.8. The van der Waals surface area contributed by atoms with E-state index in [4.69, 9.17) is 20.6 Å². The smallest absolute Gasteiger partial charge is 0.326 e. The molecule has 0 aromatic heterocycles. The third-order valence-corrected chi connectivity index (χ3v) is 2.18. The monoisotopic (exact) mass is 250 g/mol. The van der Waals surface area contributed by atoms with Crippen LogP contribution in [0.3, 0.4) is 0 Å². The number of ether oxygens (including phenoxy) is 2. The summed E-state index contributed by atoms with van der Waals surface area (Å²) in [6.45, 7) is 5.52. The first-order chi connectivity index (χ1) is 8.43. The van der Waals surface area contributed by atoms with E-state index in [9.17, 15) is 4.79 Å². The Hall–Kier alpha value is -1.88. The first-order valence-electron chi connectivity index (χ1n) is 5.71. The zero-order chi connectivity index (χ0) is 13.7. The summed E-state index contributed by atoms with van der Waals surface area (Å²) < 4.78 is 10.3. The maximum Gasteiger partial charge on any atom is 0.326 e. The van der Waals surface area contributed by atoms with Gasteiger partial charge in [-0.05, 0) is 44.5 Å². The van der Waals surface area contributed by atoms with Crippen LogP contribution in [-0.4, -0.2) is 24.5 Å². The average molecular weight is 250 g/mol. The highest BCUT2D eigenvalue weighted by molar-refractivity contribution is 5.99. The fraction of sp³-hybridized carbons (Fsp3) is 0.385. The molecular weight excluding hydrogens is 232 g/mol. The molecule has 1 aromatic rings. The summed E-state index contributed by atoms with van der Waals surface area (Å²) in [5.74, 6) is -0.0727. The molecule has 0 radical (unpaired) electrons. The van der Waals surface area contributed by atoms with E-state index in [2.05, 4.69) is 0 Å². The van der Waals surface area contributed by atoms with Gasteiger partial charge >= 0.3 is 5.97 Å². The van der Waals surface area contributed by atoms with Gasteiger partial charge < -0.3 is 15.2 Å². The Balaban J connectivity index is 2.83. The highest BCUT2D eigenvalue weighted by Crippen LogP contribution is 2.20. The SMILES string of the molecule is Cc1cc(C(=N)OC(=O)CN)ccc1OC(C)C. The molecule has 0 saturated carbocycles. The molecule has 0 aliphatic heterocycles. The second-order valence-corrected chi connectivity index (χ2v) is 4.15. The van der Waals surface area contributed by atoms with Crippen LogP contribution in [0.25, 0.3) is 0 Å². The standard InChI is InChI=1S/C13H18N2O3/c1-8(2)17-11-5-4-10(6-9(11)3)13(15)18-12(16)7-14/h4-6,8,15H,7,14H2,1-3H3. The molecule has 0 heterocycles. The van der Waals surface area contributed by atoms with Crippen molar-refractivity contribution in [2.24, 2.45) is 5.73 Å². The molecule has 18 heavy (non-hydrogen) atoms. The minimum atomic E-state index is -0.625. The van der Waals surface area contributed by atoms with Crippen molar-refractivity contribution < 1.29 is 14.3 Å². The van der Waals surface area contributed by atoms with Gasteiger partial charge in [-0.2, -0.15) is 0 Å². The molecule has 0 saturated heterocycles. The van der Waals surface area contributed by atoms with Crippen molar-refractivity contribution in [2.45, 2.75) is 26.9 Å². The lowest BCUT2D eigenvalue weighted by atomic mass is 10.1. The number of rotatable bonds is 4. The number of esters is 1. The third-order valence-electron chi connectivity index (χ3n) is 2.18. The van der Waals surface area contributed by atoms with E-state index in [0.717, 1.165) is 11.3 Å². The number of nitrogens with two attached hydrogens (primary N) is 1. The van der Waals surface area contributed by atoms with Crippen molar-refractivity contribution in [3.8, 4) is 5.75 Å². The van der Waals surface area contributed by atoms with Gasteiger partial charge in [0.05, 0.1) is 12.6 Å². The van der Waals surface area contributed by atoms with Gasteiger partial charge in [-0.3, -0.25) is 10.2 Å². The van der Waals surface area contributed by atoms with Gasteiger partial charge in [0.15, 0.2) is 0 Å². The molecule has 5 nitrogen and oxygen atoms in total. The van der Waals surface area contributed by atoms with E-state index in [1.165, 1.54) is 0 Å². The van der Waals surface area contributed by atoms with Crippen LogP contribution in [0.2, 0.25) is 0 Å². The Morgan fingerprint density at radius 3 is 2.61 bits per heavy atom. The first-order valence-corrected chi connectivity index (χ1v) is 5.71. The van der Waals surface area contributed by atoms with Crippen LogP contribution in [0.4, 0.5) is 0 Å². The molecule has 0 fully saturated rings. The predicted octanol–water partition coefficient (Wildman–Crippen LogP) is 1.61. The second kappa shape index (κ2) is 6.16. The first kappa shape index (κ1) is 14.2. The topological polar surface area (TPSA) is 85.4 Å². The minimum Gasteiger partial charge on any atom is -0.491 e. The Labute approximate surface area is 106 Å². The number of nitrogens with one attached hydrogen (secondary N) is 1. The van der Waals surface area contributed by atoms with Crippen LogP contribution >= 0.6 is 0 Å². The summed E-state index contributed by atoms with van der Waals surface area (Å²) in [7, 11) is 0. The summed E-state index contributed by atoms with van der Waals surface area (Å²) in [6.07, 6.45) is 0.0871. The molecule has 3 N–H and O–H groups in total. The van der Waals surface area contributed by atoms with Crippen LogP contribution in [0.1, 0.15) is 25.0 Å². The maximum atomic E-state index is 11.0. The van der Waals surface area contributed by atoms with Gasteiger partial charge in [-0.15, -0.1) is 0 Å². The summed E-state index contributed by atoms with van der Waals surface area (Å²) in [5.41, 5.74) is 6.52. The normalized spacial score (nSPS) is 10.3. The highest BCUT2D eigenvalue weighted by atomic mass is 16.5. The minimum absolute atomic E-state index is 0.0871. The Kier molecular flexibility index (Phi) is 4.85. The Morgan fingerprint density at radius 1 is 1.44 bits per heavy atom. The van der Waals surface area contributed by atoms with Crippen LogP contribution in [0.5, 0.6) is 5.75 Å². The van der Waals surface area contributed by atoms with Gasteiger partial charge in [-0.25, -0.2) is 0 Å². The molecule has 0 aliphatic rings. The molecule has 0 unspecified atom stereocenters. The number of aryl methyl sites for hydroxylation is 1. The largest absolute Gasteiger partial charge is 0.491 e. The zero-order valence-corrected chi connectivity index (χ0v) is 10.8. The molecule has 1 rings (SSSR count). The molecule has 98 valence electrons. The number of benzene rings is 1. The number of hydrogen-bond donors (Lipinski definition) is 2. The van der Waals surface area contributed by atoms with E-state index in [1.807, 2.05) is 20.8 Å². The van der Waals surface area contributed by atoms with Gasteiger partial charge in [0, 0.05) is 5.56 Å². The maximum absolute atomic E-state index is 11.0. The Bertz CT molecular complexity index is 456. The second-order valence-electron chi connectivity index (χ2n) is 4.15. The van der Waals surface area contributed by atoms with Crippen LogP contribution in [0, 0.1) is 12.3 Å². The third kappa shape index (κ3) is 3.85. The van der Waals surface area contributed by atoms with E-state index >= 15 is 0 Å². The van der Waals surface area contributed by atoms with Gasteiger partial charge in [0.2, 0.25) is 5.90 Å². The number of carbonyl (C=O) groups excluding carboxylic acids is 1. The van der Waals surface area contributed by atoms with E-state index in [1.54, 1.807) is 18.2 Å². The fourth-order valence-electron chi connectivity index (χ4n) is 1.39.